The van der Waals surface area contributed by atoms with Crippen LogP contribution in [-0.2, 0) is 9.59 Å². The third-order valence-electron chi connectivity index (χ3n) is 6.45. The van der Waals surface area contributed by atoms with Gasteiger partial charge in [-0.1, -0.05) is 27.7 Å². The van der Waals surface area contributed by atoms with Crippen LogP contribution in [0.2, 0.25) is 0 Å². The summed E-state index contributed by atoms with van der Waals surface area (Å²) in [5.41, 5.74) is 9.81. The molecule has 0 spiro atoms. The van der Waals surface area contributed by atoms with E-state index in [1.165, 1.54) is 9.80 Å². The van der Waals surface area contributed by atoms with Crippen molar-refractivity contribution in [2.75, 3.05) is 34.5 Å². The molecule has 0 fully saturated rings. The number of rotatable bonds is 7. The molecule has 8 nitrogen and oxygen atoms in total. The fraction of sp³-hybridized carbons (Fsp3) is 0.407. The number of amides is 2. The van der Waals surface area contributed by atoms with Crippen LogP contribution in [0.25, 0.3) is 0 Å². The summed E-state index contributed by atoms with van der Waals surface area (Å²) in [4.78, 5) is 58.4. The lowest BCUT2D eigenvalue weighted by Crippen LogP contribution is -2.39. The van der Waals surface area contributed by atoms with E-state index in [-0.39, 0.29) is 77.3 Å². The van der Waals surface area contributed by atoms with Crippen LogP contribution in [0.5, 0.6) is 0 Å². The Hall–Kier alpha value is -3.68. The summed E-state index contributed by atoms with van der Waals surface area (Å²) < 4.78 is 0. The van der Waals surface area contributed by atoms with Crippen molar-refractivity contribution in [3.63, 3.8) is 0 Å². The highest BCUT2D eigenvalue weighted by Crippen LogP contribution is 2.55. The smallest absolute Gasteiger partial charge is 0.231 e. The van der Waals surface area contributed by atoms with Gasteiger partial charge in [0.1, 0.15) is 0 Å². The normalized spacial score (nSPS) is 12.2. The second-order valence-electron chi connectivity index (χ2n) is 8.77. The predicted octanol–water partition coefficient (Wildman–Crippen LogP) is 5.29. The highest BCUT2D eigenvalue weighted by Gasteiger charge is 2.41. The molecular formula is C27H34N4O4. The van der Waals surface area contributed by atoms with E-state index in [2.05, 4.69) is 0 Å². The minimum Gasteiger partial charge on any atom is -0.398 e. The van der Waals surface area contributed by atoms with Crippen LogP contribution in [0.3, 0.4) is 0 Å². The van der Waals surface area contributed by atoms with Crippen LogP contribution in [0.1, 0.15) is 79.7 Å². The molecule has 8 heteroatoms. The van der Waals surface area contributed by atoms with Gasteiger partial charge in [0.25, 0.3) is 0 Å². The van der Waals surface area contributed by atoms with Crippen LogP contribution in [0, 0.1) is 6.92 Å². The van der Waals surface area contributed by atoms with E-state index in [4.69, 9.17) is 5.73 Å². The van der Waals surface area contributed by atoms with Crippen LogP contribution in [0.4, 0.5) is 34.1 Å². The van der Waals surface area contributed by atoms with Crippen molar-refractivity contribution in [1.29, 1.82) is 0 Å². The largest absolute Gasteiger partial charge is 0.398 e. The maximum atomic E-state index is 13.5. The molecule has 1 aliphatic rings. The summed E-state index contributed by atoms with van der Waals surface area (Å²) in [5, 5.41) is 0. The van der Waals surface area contributed by atoms with Gasteiger partial charge in [-0.3, -0.25) is 29.0 Å². The van der Waals surface area contributed by atoms with Gasteiger partial charge in [0.05, 0.1) is 28.3 Å². The van der Waals surface area contributed by atoms with Crippen LogP contribution < -0.4 is 20.4 Å². The number of Topliss-reactive ketones (excluding diaryl/α,β-unsaturated/α-hetero) is 2. The van der Waals surface area contributed by atoms with Gasteiger partial charge in [-0.15, -0.1) is 0 Å². The lowest BCUT2D eigenvalue weighted by Gasteiger charge is -2.41. The first-order valence-corrected chi connectivity index (χ1v) is 12.0. The average molecular weight is 479 g/mol. The number of hydrogen-bond donors (Lipinski definition) is 1. The minimum absolute atomic E-state index is 0.150. The number of benzene rings is 2. The summed E-state index contributed by atoms with van der Waals surface area (Å²) in [6, 6.07) is 5.46. The molecule has 0 bridgehead atoms. The molecule has 2 amide bonds. The van der Waals surface area contributed by atoms with Gasteiger partial charge in [0.15, 0.2) is 11.6 Å². The molecule has 0 atom stereocenters. The van der Waals surface area contributed by atoms with Crippen molar-refractivity contribution in [1.82, 2.24) is 0 Å². The van der Waals surface area contributed by atoms with Crippen molar-refractivity contribution in [3.05, 3.63) is 34.9 Å². The molecule has 0 aromatic heterocycles. The molecule has 1 aliphatic heterocycles. The zero-order chi connectivity index (χ0) is 26.2. The summed E-state index contributed by atoms with van der Waals surface area (Å²) in [5.74, 6) is -0.997. The summed E-state index contributed by atoms with van der Waals surface area (Å²) in [6.07, 6.45) is 0.640. The number of nitrogen functional groups attached to an aromatic ring is 1. The van der Waals surface area contributed by atoms with Gasteiger partial charge in [-0.05, 0) is 30.7 Å². The summed E-state index contributed by atoms with van der Waals surface area (Å²) in [7, 11) is 3.76. The van der Waals surface area contributed by atoms with Crippen LogP contribution >= 0.6 is 0 Å². The number of nitrogens with two attached hydrogens (primary N) is 1. The van der Waals surface area contributed by atoms with E-state index in [1.807, 2.05) is 31.1 Å². The molecule has 2 N–H and O–H groups in total. The zero-order valence-corrected chi connectivity index (χ0v) is 21.6. The Kier molecular flexibility index (Phi) is 7.33. The molecule has 0 radical (unpaired) electrons. The van der Waals surface area contributed by atoms with E-state index in [1.54, 1.807) is 40.7 Å². The molecule has 3 rings (SSSR count). The number of nitrogens with zero attached hydrogens (tertiary/aromatic N) is 3. The predicted molar refractivity (Wildman–Crippen MR) is 140 cm³/mol. The Balaban J connectivity index is 2.65. The van der Waals surface area contributed by atoms with E-state index in [9.17, 15) is 19.2 Å². The lowest BCUT2D eigenvalue weighted by atomic mass is 9.88. The van der Waals surface area contributed by atoms with E-state index >= 15 is 0 Å². The number of carbonyl (C=O) groups excluding carboxylic acids is 4. The van der Waals surface area contributed by atoms with Gasteiger partial charge in [-0.25, -0.2) is 0 Å². The minimum atomic E-state index is -0.268. The molecule has 0 saturated carbocycles. The maximum absolute atomic E-state index is 13.5. The molecular weight excluding hydrogens is 444 g/mol. The maximum Gasteiger partial charge on any atom is 0.231 e. The molecule has 0 aliphatic carbocycles. The fourth-order valence-corrected chi connectivity index (χ4v) is 4.51. The van der Waals surface area contributed by atoms with Crippen molar-refractivity contribution in [3.8, 4) is 0 Å². The SMILES string of the molecule is CCC(=O)c1c(C)c(N)c(C(=O)CC)c2c1N(C(=O)CC)c1ccc(N(C)C)cc1N2C(=O)CC. The topological polar surface area (TPSA) is 104 Å². The number of anilines is 6. The third-order valence-corrected chi connectivity index (χ3v) is 6.45. The number of ketones is 2. The summed E-state index contributed by atoms with van der Waals surface area (Å²) >= 11 is 0. The van der Waals surface area contributed by atoms with E-state index in [0.717, 1.165) is 5.69 Å². The molecule has 35 heavy (non-hydrogen) atoms. The molecule has 0 saturated heterocycles. The highest BCUT2D eigenvalue weighted by atomic mass is 16.2. The van der Waals surface area contributed by atoms with Crippen molar-refractivity contribution in [2.24, 2.45) is 0 Å². The Morgan fingerprint density at radius 2 is 1.26 bits per heavy atom. The lowest BCUT2D eigenvalue weighted by molar-refractivity contribution is -0.118. The van der Waals surface area contributed by atoms with Crippen molar-refractivity contribution < 1.29 is 19.2 Å². The first-order chi connectivity index (χ1) is 16.5. The van der Waals surface area contributed by atoms with E-state index in [0.29, 0.717) is 16.9 Å². The highest BCUT2D eigenvalue weighted by molar-refractivity contribution is 6.26. The zero-order valence-electron chi connectivity index (χ0n) is 21.6. The average Bonchev–Trinajstić information content (AvgIpc) is 2.86. The Bertz CT molecular complexity index is 1230. The van der Waals surface area contributed by atoms with Gasteiger partial charge in [-0.2, -0.15) is 0 Å². The third kappa shape index (κ3) is 4.07. The fourth-order valence-electron chi connectivity index (χ4n) is 4.51. The molecule has 1 heterocycles. The van der Waals surface area contributed by atoms with Crippen molar-refractivity contribution in [2.45, 2.75) is 60.3 Å². The first-order valence-electron chi connectivity index (χ1n) is 12.0. The second kappa shape index (κ2) is 9.90. The first kappa shape index (κ1) is 25.9. The van der Waals surface area contributed by atoms with Gasteiger partial charge >= 0.3 is 0 Å². The quantitative estimate of drug-likeness (QED) is 0.428. The van der Waals surface area contributed by atoms with Gasteiger partial charge in [0.2, 0.25) is 11.8 Å². The van der Waals surface area contributed by atoms with Crippen molar-refractivity contribution >= 4 is 57.5 Å². The molecule has 2 aromatic rings. The van der Waals surface area contributed by atoms with Crippen LogP contribution in [-0.4, -0.2) is 37.5 Å². The van der Waals surface area contributed by atoms with Gasteiger partial charge < -0.3 is 10.6 Å². The number of fused-ring (bicyclic) bond motifs is 2. The van der Waals surface area contributed by atoms with Crippen LogP contribution in [0.15, 0.2) is 18.2 Å². The Morgan fingerprint density at radius 1 is 0.771 bits per heavy atom. The Morgan fingerprint density at radius 3 is 1.74 bits per heavy atom. The summed E-state index contributed by atoms with van der Waals surface area (Å²) in [6.45, 7) is 8.62. The molecule has 0 unspecified atom stereocenters. The monoisotopic (exact) mass is 478 g/mol. The number of hydrogen-bond acceptors (Lipinski definition) is 6. The molecule has 186 valence electrons. The van der Waals surface area contributed by atoms with Gasteiger partial charge in [0, 0.05) is 56.7 Å². The second-order valence-corrected chi connectivity index (χ2v) is 8.77. The molecule has 2 aromatic carbocycles. The standard InChI is InChI=1S/C27H34N4O4/c1-8-19(32)23-15(5)25(28)24(20(33)9-2)27-26(23)30(21(34)10-3)17-13-12-16(29(6)7)14-18(17)31(27)22(35)11-4/h12-14H,8-11,28H2,1-7H3. The Labute approximate surface area is 206 Å². The number of carbonyl (C=O) groups is 4. The van der Waals surface area contributed by atoms with E-state index < -0.39 is 0 Å².